The van der Waals surface area contributed by atoms with E-state index in [2.05, 4.69) is 0 Å². The Hall–Kier alpha value is -1.33. The van der Waals surface area contributed by atoms with Crippen LogP contribution in [0.15, 0.2) is 29.2 Å². The molecule has 1 aromatic carbocycles. The van der Waals surface area contributed by atoms with Gasteiger partial charge in [0, 0.05) is 4.90 Å². The molecule has 104 valence electrons. The Morgan fingerprint density at radius 3 is 2.30 bits per heavy atom. The molecule has 4 atom stereocenters. The summed E-state index contributed by atoms with van der Waals surface area (Å²) in [7, 11) is 0. The Labute approximate surface area is 121 Å². The first-order chi connectivity index (χ1) is 9.72. The third-order valence-corrected chi connectivity index (χ3v) is 5.40. The topological polar surface area (TPSA) is 46.6 Å². The van der Waals surface area contributed by atoms with E-state index in [4.69, 9.17) is 4.74 Å². The van der Waals surface area contributed by atoms with Crippen molar-refractivity contribution in [3.63, 3.8) is 0 Å². The summed E-state index contributed by atoms with van der Waals surface area (Å²) in [5.74, 6) is -0.658. The van der Waals surface area contributed by atoms with Gasteiger partial charge in [-0.2, -0.15) is 0 Å². The summed E-state index contributed by atoms with van der Waals surface area (Å²) in [6.07, 6.45) is 3.67. The van der Waals surface area contributed by atoms with E-state index in [1.54, 1.807) is 11.8 Å². The molecule has 4 nitrogen and oxygen atoms in total. The third-order valence-electron chi connectivity index (χ3n) is 4.61. The molecule has 0 aliphatic carbocycles. The van der Waals surface area contributed by atoms with Crippen LogP contribution in [0.3, 0.4) is 0 Å². The van der Waals surface area contributed by atoms with E-state index in [9.17, 15) is 9.59 Å². The largest absolute Gasteiger partial charge is 0.373 e. The molecule has 0 radical (unpaired) electrons. The van der Waals surface area contributed by atoms with Crippen molar-refractivity contribution in [3.8, 4) is 0 Å². The fourth-order valence-electron chi connectivity index (χ4n) is 3.76. The number of rotatable bonds is 2. The highest BCUT2D eigenvalue weighted by Crippen LogP contribution is 2.50. The molecule has 3 aliphatic rings. The smallest absolute Gasteiger partial charge is 0.240 e. The zero-order chi connectivity index (χ0) is 13.9. The van der Waals surface area contributed by atoms with E-state index in [1.807, 2.05) is 30.5 Å². The van der Waals surface area contributed by atoms with Crippen LogP contribution in [0.1, 0.15) is 12.8 Å². The maximum absolute atomic E-state index is 12.7. The molecule has 20 heavy (non-hydrogen) atoms. The van der Waals surface area contributed by atoms with E-state index in [0.717, 1.165) is 23.4 Å². The second-order valence-corrected chi connectivity index (χ2v) is 6.37. The van der Waals surface area contributed by atoms with E-state index < -0.39 is 0 Å². The van der Waals surface area contributed by atoms with Crippen molar-refractivity contribution in [2.75, 3.05) is 11.2 Å². The van der Waals surface area contributed by atoms with Gasteiger partial charge in [0.1, 0.15) is 0 Å². The summed E-state index contributed by atoms with van der Waals surface area (Å²) in [5.41, 5.74) is 0.726. The number of ether oxygens (including phenoxy) is 1. The van der Waals surface area contributed by atoms with Gasteiger partial charge in [0.05, 0.1) is 29.7 Å². The molecule has 3 aliphatic heterocycles. The molecular formula is C15H15NO3S. The van der Waals surface area contributed by atoms with E-state index in [0.29, 0.717) is 0 Å². The van der Waals surface area contributed by atoms with Crippen LogP contribution < -0.4 is 4.90 Å². The molecule has 0 N–H and O–H groups in total. The van der Waals surface area contributed by atoms with Crippen molar-refractivity contribution in [2.24, 2.45) is 11.8 Å². The van der Waals surface area contributed by atoms with Crippen LogP contribution >= 0.6 is 11.8 Å². The molecule has 3 heterocycles. The van der Waals surface area contributed by atoms with Crippen molar-refractivity contribution >= 4 is 29.3 Å². The Kier molecular flexibility index (Phi) is 2.69. The van der Waals surface area contributed by atoms with Gasteiger partial charge in [-0.25, -0.2) is 4.90 Å². The molecule has 5 heteroatoms. The second-order valence-electron chi connectivity index (χ2n) is 5.53. The maximum Gasteiger partial charge on any atom is 0.240 e. The van der Waals surface area contributed by atoms with Crippen LogP contribution in [0.5, 0.6) is 0 Å². The van der Waals surface area contributed by atoms with Gasteiger partial charge in [0.2, 0.25) is 11.8 Å². The average molecular weight is 289 g/mol. The molecule has 2 bridgehead atoms. The number of para-hydroxylation sites is 1. The molecule has 3 fully saturated rings. The first-order valence-electron chi connectivity index (χ1n) is 6.88. The number of carbonyl (C=O) groups excluding carboxylic acids is 2. The minimum Gasteiger partial charge on any atom is -0.373 e. The summed E-state index contributed by atoms with van der Waals surface area (Å²) < 4.78 is 5.75. The number of benzene rings is 1. The highest BCUT2D eigenvalue weighted by molar-refractivity contribution is 7.98. The number of nitrogens with zero attached hydrogens (tertiary/aromatic N) is 1. The molecule has 1 aromatic rings. The molecule has 0 saturated carbocycles. The van der Waals surface area contributed by atoms with Crippen LogP contribution in [-0.2, 0) is 14.3 Å². The van der Waals surface area contributed by atoms with Gasteiger partial charge in [-0.1, -0.05) is 12.1 Å². The Morgan fingerprint density at radius 2 is 1.70 bits per heavy atom. The first-order valence-corrected chi connectivity index (χ1v) is 8.11. The SMILES string of the molecule is CSc1ccccc1N1C(=O)[C@@H]2[C@@H](C1=O)[C@H]1CC[C@H]2O1. The van der Waals surface area contributed by atoms with E-state index >= 15 is 0 Å². The second kappa shape index (κ2) is 4.33. The predicted molar refractivity (Wildman–Crippen MR) is 75.6 cm³/mol. The summed E-state index contributed by atoms with van der Waals surface area (Å²) in [5, 5.41) is 0. The van der Waals surface area contributed by atoms with Gasteiger partial charge < -0.3 is 4.74 Å². The Morgan fingerprint density at radius 1 is 1.10 bits per heavy atom. The number of fused-ring (bicyclic) bond motifs is 5. The van der Waals surface area contributed by atoms with Gasteiger partial charge >= 0.3 is 0 Å². The number of imide groups is 1. The quantitative estimate of drug-likeness (QED) is 0.618. The fourth-order valence-corrected chi connectivity index (χ4v) is 4.35. The van der Waals surface area contributed by atoms with Crippen LogP contribution in [-0.4, -0.2) is 30.3 Å². The summed E-state index contributed by atoms with van der Waals surface area (Å²) in [6, 6.07) is 7.59. The summed E-state index contributed by atoms with van der Waals surface area (Å²) >= 11 is 1.55. The number of anilines is 1. The number of hydrogen-bond donors (Lipinski definition) is 0. The maximum atomic E-state index is 12.7. The standard InChI is InChI=1S/C15H15NO3S/c1-20-11-5-3-2-4-8(11)16-14(17)12-9-6-7-10(19-9)13(12)15(16)18/h2-5,9-10,12-13H,6-7H2,1H3/t9-,10-,12+,13+/m1/s1. The van der Waals surface area contributed by atoms with Gasteiger partial charge in [0.25, 0.3) is 0 Å². The number of amides is 2. The van der Waals surface area contributed by atoms with Crippen molar-refractivity contribution in [3.05, 3.63) is 24.3 Å². The van der Waals surface area contributed by atoms with Crippen molar-refractivity contribution in [2.45, 2.75) is 29.9 Å². The minimum absolute atomic E-state index is 0.0482. The van der Waals surface area contributed by atoms with Crippen LogP contribution in [0.25, 0.3) is 0 Å². The van der Waals surface area contributed by atoms with Crippen molar-refractivity contribution in [1.82, 2.24) is 0 Å². The molecule has 2 amide bonds. The first kappa shape index (κ1) is 12.4. The molecule has 0 unspecified atom stereocenters. The van der Waals surface area contributed by atoms with Gasteiger partial charge in [-0.3, -0.25) is 9.59 Å². The normalized spacial score (nSPS) is 35.0. The zero-order valence-electron chi connectivity index (χ0n) is 11.1. The zero-order valence-corrected chi connectivity index (χ0v) is 11.9. The number of thioether (sulfide) groups is 1. The number of hydrogen-bond acceptors (Lipinski definition) is 4. The van der Waals surface area contributed by atoms with Crippen LogP contribution in [0.4, 0.5) is 5.69 Å². The highest BCUT2D eigenvalue weighted by Gasteiger charge is 2.62. The van der Waals surface area contributed by atoms with Gasteiger partial charge in [-0.05, 0) is 31.2 Å². The lowest BCUT2D eigenvalue weighted by Crippen LogP contribution is -2.34. The summed E-state index contributed by atoms with van der Waals surface area (Å²) in [6.45, 7) is 0. The van der Waals surface area contributed by atoms with E-state index in [-0.39, 0.29) is 35.9 Å². The Balaban J connectivity index is 1.77. The third kappa shape index (κ3) is 1.48. The van der Waals surface area contributed by atoms with Gasteiger partial charge in [0.15, 0.2) is 0 Å². The lowest BCUT2D eigenvalue weighted by Gasteiger charge is -2.19. The number of carbonyl (C=O) groups is 2. The Bertz CT molecular complexity index is 575. The average Bonchev–Trinajstić information content (AvgIpc) is 3.13. The van der Waals surface area contributed by atoms with Crippen LogP contribution in [0.2, 0.25) is 0 Å². The minimum atomic E-state index is -0.254. The molecule has 3 saturated heterocycles. The fraction of sp³-hybridized carbons (Fsp3) is 0.467. The molecule has 0 aromatic heterocycles. The predicted octanol–water partition coefficient (Wildman–Crippen LogP) is 2.08. The van der Waals surface area contributed by atoms with Crippen molar-refractivity contribution < 1.29 is 14.3 Å². The molecular weight excluding hydrogens is 274 g/mol. The van der Waals surface area contributed by atoms with Crippen LogP contribution in [0, 0.1) is 11.8 Å². The summed E-state index contributed by atoms with van der Waals surface area (Å²) in [4.78, 5) is 27.7. The van der Waals surface area contributed by atoms with Gasteiger partial charge in [-0.15, -0.1) is 11.8 Å². The molecule has 0 spiro atoms. The van der Waals surface area contributed by atoms with Crippen molar-refractivity contribution in [1.29, 1.82) is 0 Å². The lowest BCUT2D eigenvalue weighted by molar-refractivity contribution is -0.124. The monoisotopic (exact) mass is 289 g/mol. The molecule has 4 rings (SSSR count). The highest BCUT2D eigenvalue weighted by atomic mass is 32.2. The lowest BCUT2D eigenvalue weighted by atomic mass is 9.81. The van der Waals surface area contributed by atoms with E-state index in [1.165, 1.54) is 4.90 Å².